The van der Waals surface area contributed by atoms with Gasteiger partial charge < -0.3 is 20.2 Å². The van der Waals surface area contributed by atoms with E-state index < -0.39 is 5.56 Å². The number of pyridine rings is 1. The fraction of sp³-hybridized carbons (Fsp3) is 0.0952. The van der Waals surface area contributed by atoms with E-state index in [9.17, 15) is 15.3 Å². The third-order valence-electron chi connectivity index (χ3n) is 4.26. The molecular formula is C21H15BrN4O3. The van der Waals surface area contributed by atoms with Gasteiger partial charge >= 0.3 is 0 Å². The number of halogens is 1. The van der Waals surface area contributed by atoms with E-state index in [-0.39, 0.29) is 29.1 Å². The van der Waals surface area contributed by atoms with E-state index in [0.29, 0.717) is 22.6 Å². The van der Waals surface area contributed by atoms with E-state index in [4.69, 9.17) is 15.2 Å². The van der Waals surface area contributed by atoms with Crippen LogP contribution in [0, 0.1) is 22.7 Å². The summed E-state index contributed by atoms with van der Waals surface area (Å²) in [5.74, 6) is 1.12. The molecular weight excluding hydrogens is 436 g/mol. The molecule has 3 aromatic rings. The van der Waals surface area contributed by atoms with Gasteiger partial charge in [-0.2, -0.15) is 10.5 Å². The van der Waals surface area contributed by atoms with Crippen LogP contribution in [0.15, 0.2) is 51.7 Å². The Hall–Kier alpha value is -3.75. The predicted molar refractivity (Wildman–Crippen MR) is 111 cm³/mol. The maximum absolute atomic E-state index is 12.2. The second kappa shape index (κ2) is 8.51. The van der Waals surface area contributed by atoms with Crippen molar-refractivity contribution in [3.05, 3.63) is 74.0 Å². The highest BCUT2D eigenvalue weighted by atomic mass is 79.9. The third-order valence-corrected chi connectivity index (χ3v) is 4.91. The summed E-state index contributed by atoms with van der Waals surface area (Å²) in [5, 5.41) is 19.0. The topological polar surface area (TPSA) is 125 Å². The molecule has 0 saturated carbocycles. The lowest BCUT2D eigenvalue weighted by molar-refractivity contribution is 0.295. The van der Waals surface area contributed by atoms with Gasteiger partial charge in [0.1, 0.15) is 47.2 Å². The first kappa shape index (κ1) is 20.0. The number of nitrogens with zero attached hydrogens (tertiary/aromatic N) is 2. The average molecular weight is 451 g/mol. The van der Waals surface area contributed by atoms with Gasteiger partial charge in [-0.15, -0.1) is 0 Å². The van der Waals surface area contributed by atoms with Crippen LogP contribution in [0.5, 0.6) is 11.5 Å². The van der Waals surface area contributed by atoms with Gasteiger partial charge in [-0.1, -0.05) is 18.2 Å². The first-order valence-corrected chi connectivity index (χ1v) is 9.20. The number of nitriles is 2. The van der Waals surface area contributed by atoms with Crippen LogP contribution in [0.4, 0.5) is 5.82 Å². The highest BCUT2D eigenvalue weighted by molar-refractivity contribution is 9.10. The summed E-state index contributed by atoms with van der Waals surface area (Å²) in [6.45, 7) is 0.169. The molecule has 0 bridgehead atoms. The second-order valence-electron chi connectivity index (χ2n) is 5.96. The molecule has 7 nitrogen and oxygen atoms in total. The highest BCUT2D eigenvalue weighted by Gasteiger charge is 2.19. The van der Waals surface area contributed by atoms with Gasteiger partial charge in [-0.25, -0.2) is 0 Å². The van der Waals surface area contributed by atoms with Crippen LogP contribution in [-0.2, 0) is 6.61 Å². The fourth-order valence-electron chi connectivity index (χ4n) is 2.90. The van der Waals surface area contributed by atoms with Crippen molar-refractivity contribution in [1.82, 2.24) is 4.98 Å². The Bertz CT molecular complexity index is 1220. The van der Waals surface area contributed by atoms with Crippen LogP contribution in [0.25, 0.3) is 11.1 Å². The monoisotopic (exact) mass is 450 g/mol. The van der Waals surface area contributed by atoms with Gasteiger partial charge in [0.25, 0.3) is 5.56 Å². The van der Waals surface area contributed by atoms with E-state index in [0.717, 1.165) is 4.47 Å². The van der Waals surface area contributed by atoms with Crippen LogP contribution in [0.1, 0.15) is 16.7 Å². The lowest BCUT2D eigenvalue weighted by Gasteiger charge is -2.14. The molecule has 3 N–H and O–H groups in total. The molecule has 0 aliphatic carbocycles. The van der Waals surface area contributed by atoms with E-state index in [1.165, 1.54) is 7.11 Å². The van der Waals surface area contributed by atoms with Crippen LogP contribution >= 0.6 is 15.9 Å². The Morgan fingerprint density at radius 3 is 2.48 bits per heavy atom. The first-order valence-electron chi connectivity index (χ1n) is 8.40. The Balaban J connectivity index is 2.11. The summed E-state index contributed by atoms with van der Waals surface area (Å²) >= 11 is 3.43. The van der Waals surface area contributed by atoms with Crippen molar-refractivity contribution < 1.29 is 9.47 Å². The van der Waals surface area contributed by atoms with Crippen molar-refractivity contribution in [2.45, 2.75) is 6.61 Å². The molecule has 0 aliphatic heterocycles. The number of para-hydroxylation sites is 1. The Morgan fingerprint density at radius 2 is 1.83 bits per heavy atom. The van der Waals surface area contributed by atoms with Crippen molar-refractivity contribution >= 4 is 21.7 Å². The van der Waals surface area contributed by atoms with Crippen molar-refractivity contribution in [3.63, 3.8) is 0 Å². The number of nitrogen functional groups attached to an aromatic ring is 1. The average Bonchev–Trinajstić information content (AvgIpc) is 2.72. The zero-order valence-corrected chi connectivity index (χ0v) is 16.9. The van der Waals surface area contributed by atoms with E-state index >= 15 is 0 Å². The maximum Gasteiger partial charge on any atom is 0.268 e. The molecule has 0 aliphatic rings. The number of anilines is 1. The SMILES string of the molecule is COc1ccc(-c2c(C#N)c(N)[nH]c(=O)c2C#N)cc1COc1ccccc1Br. The van der Waals surface area contributed by atoms with Crippen LogP contribution in [0.3, 0.4) is 0 Å². The minimum atomic E-state index is -0.652. The number of hydrogen-bond donors (Lipinski definition) is 2. The maximum atomic E-state index is 12.2. The minimum Gasteiger partial charge on any atom is -0.496 e. The smallest absolute Gasteiger partial charge is 0.268 e. The van der Waals surface area contributed by atoms with Crippen molar-refractivity contribution in [2.24, 2.45) is 0 Å². The summed E-state index contributed by atoms with van der Waals surface area (Å²) in [4.78, 5) is 14.5. The summed E-state index contributed by atoms with van der Waals surface area (Å²) in [5.41, 5.74) is 6.34. The van der Waals surface area contributed by atoms with Gasteiger partial charge in [-0.05, 0) is 45.8 Å². The fourth-order valence-corrected chi connectivity index (χ4v) is 3.30. The number of benzene rings is 2. The molecule has 0 amide bonds. The number of ether oxygens (including phenoxy) is 2. The van der Waals surface area contributed by atoms with Crippen molar-refractivity contribution in [1.29, 1.82) is 10.5 Å². The molecule has 1 aromatic heterocycles. The Kier molecular flexibility index (Phi) is 5.87. The summed E-state index contributed by atoms with van der Waals surface area (Å²) in [6.07, 6.45) is 0. The molecule has 1 heterocycles. The number of aromatic amines is 1. The van der Waals surface area contributed by atoms with Crippen LogP contribution < -0.4 is 20.8 Å². The molecule has 144 valence electrons. The Morgan fingerprint density at radius 1 is 1.10 bits per heavy atom. The van der Waals surface area contributed by atoms with Crippen molar-refractivity contribution in [2.75, 3.05) is 12.8 Å². The largest absolute Gasteiger partial charge is 0.496 e. The lowest BCUT2D eigenvalue weighted by Crippen LogP contribution is -2.16. The molecule has 8 heteroatoms. The summed E-state index contributed by atoms with van der Waals surface area (Å²) in [7, 11) is 1.53. The highest BCUT2D eigenvalue weighted by Crippen LogP contribution is 2.33. The summed E-state index contributed by atoms with van der Waals surface area (Å²) < 4.78 is 12.1. The zero-order valence-electron chi connectivity index (χ0n) is 15.3. The standard InChI is InChI=1S/C21H15BrN4O3/c1-28-17-7-6-12(8-13(17)11-29-18-5-3-2-4-16(18)22)19-14(9-23)20(25)26-21(27)15(19)10-24/h2-8H,11H2,1H3,(H3,25,26,27). The predicted octanol–water partition coefficient (Wildman–Crippen LogP) is 3.72. The number of nitrogens with two attached hydrogens (primary N) is 1. The Labute approximate surface area is 175 Å². The van der Waals surface area contributed by atoms with Gasteiger partial charge in [0, 0.05) is 11.1 Å². The van der Waals surface area contributed by atoms with E-state index in [2.05, 4.69) is 20.9 Å². The number of methoxy groups -OCH3 is 1. The molecule has 0 unspecified atom stereocenters. The summed E-state index contributed by atoms with van der Waals surface area (Å²) in [6, 6.07) is 16.3. The first-order chi connectivity index (χ1) is 14.0. The molecule has 2 aromatic carbocycles. The van der Waals surface area contributed by atoms with Gasteiger partial charge in [0.05, 0.1) is 11.6 Å². The van der Waals surface area contributed by atoms with Gasteiger partial charge in [0.2, 0.25) is 0 Å². The lowest BCUT2D eigenvalue weighted by atomic mass is 9.95. The quantitative estimate of drug-likeness (QED) is 0.609. The molecule has 3 rings (SSSR count). The second-order valence-corrected chi connectivity index (χ2v) is 6.82. The molecule has 0 saturated heterocycles. The van der Waals surface area contributed by atoms with E-state index in [1.54, 1.807) is 18.2 Å². The van der Waals surface area contributed by atoms with E-state index in [1.807, 2.05) is 36.4 Å². The molecule has 0 fully saturated rings. The minimum absolute atomic E-state index is 0.0315. The normalized spacial score (nSPS) is 10.1. The molecule has 29 heavy (non-hydrogen) atoms. The number of nitrogens with one attached hydrogen (secondary N) is 1. The van der Waals surface area contributed by atoms with Crippen LogP contribution in [0.2, 0.25) is 0 Å². The van der Waals surface area contributed by atoms with Crippen LogP contribution in [-0.4, -0.2) is 12.1 Å². The van der Waals surface area contributed by atoms with Gasteiger partial charge in [0.15, 0.2) is 0 Å². The zero-order chi connectivity index (χ0) is 21.0. The third kappa shape index (κ3) is 3.93. The molecule has 0 radical (unpaired) electrons. The number of rotatable bonds is 5. The number of aromatic nitrogens is 1. The molecule has 0 spiro atoms. The number of H-pyrrole nitrogens is 1. The number of hydrogen-bond acceptors (Lipinski definition) is 6. The van der Waals surface area contributed by atoms with Crippen molar-refractivity contribution in [3.8, 4) is 34.8 Å². The van der Waals surface area contributed by atoms with Gasteiger partial charge in [-0.3, -0.25) is 4.79 Å². The molecule has 0 atom stereocenters.